The van der Waals surface area contributed by atoms with E-state index >= 15 is 0 Å². The molecule has 1 aliphatic heterocycles. The molecule has 1 amide bonds. The Balaban J connectivity index is 1.62. The van der Waals surface area contributed by atoms with Crippen molar-refractivity contribution in [3.8, 4) is 5.69 Å². The van der Waals surface area contributed by atoms with Gasteiger partial charge in [-0.25, -0.2) is 13.1 Å². The minimum absolute atomic E-state index is 0.0414. The Labute approximate surface area is 195 Å². The van der Waals surface area contributed by atoms with E-state index in [2.05, 4.69) is 20.1 Å². The zero-order valence-electron chi connectivity index (χ0n) is 17.6. The lowest BCUT2D eigenvalue weighted by molar-refractivity contribution is 0.101. The number of aryl methyl sites for hydroxylation is 1. The van der Waals surface area contributed by atoms with Crippen molar-refractivity contribution in [2.45, 2.75) is 24.7 Å². The summed E-state index contributed by atoms with van der Waals surface area (Å²) in [6.45, 7) is 2.26. The highest BCUT2D eigenvalue weighted by Gasteiger charge is 2.20. The predicted molar refractivity (Wildman–Crippen MR) is 126 cm³/mol. The monoisotopic (exact) mass is 485 g/mol. The number of amidine groups is 1. The van der Waals surface area contributed by atoms with Gasteiger partial charge in [0.25, 0.3) is 15.9 Å². The molecule has 2 aromatic carbocycles. The quantitative estimate of drug-likeness (QED) is 0.575. The van der Waals surface area contributed by atoms with Crippen molar-refractivity contribution >= 4 is 39.1 Å². The zero-order chi connectivity index (χ0) is 23.6. The molecular formula is C22H20ClN5O4S. The van der Waals surface area contributed by atoms with E-state index in [1.807, 2.05) is 0 Å². The number of aliphatic imine (C=N–C) groups is 1. The summed E-state index contributed by atoms with van der Waals surface area (Å²) in [5, 5.41) is 7.15. The zero-order valence-corrected chi connectivity index (χ0v) is 19.2. The minimum atomic E-state index is -3.86. The van der Waals surface area contributed by atoms with Gasteiger partial charge in [-0.05, 0) is 43.7 Å². The topological polar surface area (TPSA) is 123 Å². The summed E-state index contributed by atoms with van der Waals surface area (Å²) in [4.78, 5) is 29.4. The standard InChI is InChI=1S/C22H20ClN5O4S/c1-14-12-19(29)21(26-28(14)18-9-3-2-8-17(18)23)22(30)25-15-6-4-7-16(13-15)33(31,32)27-20-10-5-11-24-20/h2-4,6-9,12-13H,5,10-11H2,1H3,(H,24,27)(H,25,30). The first-order valence-electron chi connectivity index (χ1n) is 10.1. The summed E-state index contributed by atoms with van der Waals surface area (Å²) in [7, 11) is -3.86. The third kappa shape index (κ3) is 4.96. The van der Waals surface area contributed by atoms with Gasteiger partial charge >= 0.3 is 0 Å². The Morgan fingerprint density at radius 3 is 2.64 bits per heavy atom. The number of amides is 1. The van der Waals surface area contributed by atoms with E-state index < -0.39 is 21.4 Å². The van der Waals surface area contributed by atoms with Gasteiger partial charge in [0.15, 0.2) is 5.69 Å². The number of sulfonamides is 1. The summed E-state index contributed by atoms with van der Waals surface area (Å²) in [5.41, 5.74) is 0.283. The molecule has 0 aliphatic carbocycles. The van der Waals surface area contributed by atoms with Crippen molar-refractivity contribution in [2.75, 3.05) is 11.9 Å². The van der Waals surface area contributed by atoms with Crippen LogP contribution in [-0.2, 0) is 10.0 Å². The fourth-order valence-electron chi connectivity index (χ4n) is 3.34. The van der Waals surface area contributed by atoms with Crippen molar-refractivity contribution in [2.24, 2.45) is 4.99 Å². The van der Waals surface area contributed by atoms with Crippen LogP contribution in [0.25, 0.3) is 5.69 Å². The van der Waals surface area contributed by atoms with E-state index in [0.29, 0.717) is 35.2 Å². The van der Waals surface area contributed by atoms with Gasteiger partial charge in [0, 0.05) is 30.4 Å². The molecule has 0 unspecified atom stereocenters. The Hall–Kier alpha value is -3.50. The van der Waals surface area contributed by atoms with E-state index in [9.17, 15) is 18.0 Å². The van der Waals surface area contributed by atoms with Crippen molar-refractivity contribution in [1.82, 2.24) is 14.5 Å². The summed E-state index contributed by atoms with van der Waals surface area (Å²) in [6, 6.07) is 13.9. The number of aromatic nitrogens is 2. The van der Waals surface area contributed by atoms with E-state index in [1.54, 1.807) is 31.2 Å². The Kier molecular flexibility index (Phi) is 6.30. The Morgan fingerprint density at radius 2 is 1.91 bits per heavy atom. The third-order valence-electron chi connectivity index (χ3n) is 4.93. The fourth-order valence-corrected chi connectivity index (χ4v) is 4.69. The highest BCUT2D eigenvalue weighted by Crippen LogP contribution is 2.20. The van der Waals surface area contributed by atoms with Crippen LogP contribution in [-0.4, -0.2) is 36.5 Å². The number of rotatable bonds is 5. The molecule has 0 radical (unpaired) electrons. The molecule has 0 atom stereocenters. The predicted octanol–water partition coefficient (Wildman–Crippen LogP) is 2.92. The smallest absolute Gasteiger partial charge is 0.280 e. The second-order valence-corrected chi connectivity index (χ2v) is 9.47. The average Bonchev–Trinajstić information content (AvgIpc) is 3.27. The lowest BCUT2D eigenvalue weighted by Gasteiger charge is -2.13. The van der Waals surface area contributed by atoms with E-state index in [-0.39, 0.29) is 16.3 Å². The molecule has 9 nitrogen and oxygen atoms in total. The van der Waals surface area contributed by atoms with E-state index in [4.69, 9.17) is 11.6 Å². The minimum Gasteiger partial charge on any atom is -0.320 e. The van der Waals surface area contributed by atoms with E-state index in [0.717, 1.165) is 6.42 Å². The first-order chi connectivity index (χ1) is 15.7. The average molecular weight is 486 g/mol. The summed E-state index contributed by atoms with van der Waals surface area (Å²) >= 11 is 6.24. The molecule has 0 bridgehead atoms. The first kappa shape index (κ1) is 22.7. The van der Waals surface area contributed by atoms with Crippen molar-refractivity contribution < 1.29 is 13.2 Å². The van der Waals surface area contributed by atoms with Crippen LogP contribution >= 0.6 is 11.6 Å². The van der Waals surface area contributed by atoms with Crippen LogP contribution in [0.2, 0.25) is 5.02 Å². The second kappa shape index (κ2) is 9.16. The number of hydrogen-bond donors (Lipinski definition) is 2. The molecule has 0 fully saturated rings. The highest BCUT2D eigenvalue weighted by atomic mass is 35.5. The lowest BCUT2D eigenvalue weighted by Crippen LogP contribution is -2.29. The van der Waals surface area contributed by atoms with Crippen LogP contribution in [0.5, 0.6) is 0 Å². The molecule has 0 saturated heterocycles. The largest absolute Gasteiger partial charge is 0.320 e. The normalized spacial score (nSPS) is 13.5. The number of halogens is 1. The molecule has 0 spiro atoms. The van der Waals surface area contributed by atoms with Gasteiger partial charge in [-0.2, -0.15) is 5.10 Å². The number of carbonyl (C=O) groups excluding carboxylic acids is 1. The highest BCUT2D eigenvalue weighted by molar-refractivity contribution is 7.90. The SMILES string of the molecule is Cc1cc(=O)c(C(=O)Nc2cccc(S(=O)(=O)NC3=NCCC3)c2)nn1-c1ccccc1Cl. The first-order valence-corrected chi connectivity index (χ1v) is 11.9. The molecule has 33 heavy (non-hydrogen) atoms. The number of anilines is 1. The van der Waals surface area contributed by atoms with Gasteiger partial charge in [-0.15, -0.1) is 0 Å². The number of benzene rings is 2. The Bertz CT molecular complexity index is 1430. The van der Waals surface area contributed by atoms with Crippen molar-refractivity contribution in [3.05, 3.63) is 81.2 Å². The van der Waals surface area contributed by atoms with Crippen LogP contribution in [0.15, 0.2) is 69.3 Å². The van der Waals surface area contributed by atoms with Crippen molar-refractivity contribution in [3.63, 3.8) is 0 Å². The molecule has 170 valence electrons. The van der Waals surface area contributed by atoms with Gasteiger partial charge in [-0.3, -0.25) is 19.3 Å². The van der Waals surface area contributed by atoms with Crippen LogP contribution in [0, 0.1) is 6.92 Å². The maximum absolute atomic E-state index is 12.9. The van der Waals surface area contributed by atoms with Crippen LogP contribution < -0.4 is 15.5 Å². The van der Waals surface area contributed by atoms with Gasteiger partial charge in [-0.1, -0.05) is 29.8 Å². The molecule has 1 aromatic heterocycles. The van der Waals surface area contributed by atoms with Gasteiger partial charge in [0.2, 0.25) is 5.43 Å². The fraction of sp³-hybridized carbons (Fsp3) is 0.182. The third-order valence-corrected chi connectivity index (χ3v) is 6.63. The molecule has 2 heterocycles. The van der Waals surface area contributed by atoms with Crippen LogP contribution in [0.1, 0.15) is 29.0 Å². The van der Waals surface area contributed by atoms with E-state index in [1.165, 1.54) is 35.0 Å². The summed E-state index contributed by atoms with van der Waals surface area (Å²) in [6.07, 6.45) is 1.36. The molecule has 11 heteroatoms. The number of hydrogen-bond acceptors (Lipinski definition) is 6. The maximum atomic E-state index is 12.9. The maximum Gasteiger partial charge on any atom is 0.280 e. The number of para-hydroxylation sites is 1. The Morgan fingerprint density at radius 1 is 1.12 bits per heavy atom. The molecule has 4 rings (SSSR count). The van der Waals surface area contributed by atoms with Crippen LogP contribution in [0.3, 0.4) is 0 Å². The molecule has 2 N–H and O–H groups in total. The van der Waals surface area contributed by atoms with Gasteiger partial charge in [0.1, 0.15) is 5.84 Å². The molecule has 3 aromatic rings. The molecular weight excluding hydrogens is 466 g/mol. The van der Waals surface area contributed by atoms with Crippen LogP contribution in [0.4, 0.5) is 5.69 Å². The lowest BCUT2D eigenvalue weighted by atomic mass is 10.2. The molecule has 0 saturated carbocycles. The second-order valence-electron chi connectivity index (χ2n) is 7.38. The van der Waals surface area contributed by atoms with Gasteiger partial charge in [0.05, 0.1) is 15.6 Å². The number of nitrogens with zero attached hydrogens (tertiary/aromatic N) is 3. The summed E-state index contributed by atoms with van der Waals surface area (Å²) in [5.74, 6) is -0.364. The van der Waals surface area contributed by atoms with Gasteiger partial charge < -0.3 is 5.32 Å². The summed E-state index contributed by atoms with van der Waals surface area (Å²) < 4.78 is 29.1. The number of nitrogens with one attached hydrogen (secondary N) is 2. The molecule has 1 aliphatic rings. The number of carbonyl (C=O) groups is 1. The van der Waals surface area contributed by atoms with Crippen molar-refractivity contribution in [1.29, 1.82) is 0 Å².